The lowest BCUT2D eigenvalue weighted by atomic mass is 10.2. The number of para-hydroxylation sites is 1. The van der Waals surface area contributed by atoms with Crippen LogP contribution in [0, 0.1) is 0 Å². The van der Waals surface area contributed by atoms with Gasteiger partial charge in [0.25, 0.3) is 5.89 Å². The maximum absolute atomic E-state index is 12.8. The minimum absolute atomic E-state index is 0.117. The van der Waals surface area contributed by atoms with E-state index in [1.54, 1.807) is 0 Å². The highest BCUT2D eigenvalue weighted by Gasteiger charge is 2.18. The topological polar surface area (TPSA) is 91.4 Å². The molecule has 2 aromatic carbocycles. The maximum Gasteiger partial charge on any atom is 0.264 e. The molecule has 1 N–H and O–H groups in total. The first-order chi connectivity index (χ1) is 15.2. The van der Waals surface area contributed by atoms with E-state index < -0.39 is 0 Å². The summed E-state index contributed by atoms with van der Waals surface area (Å²) in [5.41, 5.74) is 2.61. The summed E-state index contributed by atoms with van der Waals surface area (Å²) in [6, 6.07) is 15.5. The minimum Gasteiger partial charge on any atom is -0.454 e. The molecule has 1 aliphatic rings. The number of ether oxygens (including phenoxy) is 2. The number of rotatable bonds is 7. The molecule has 5 rings (SSSR count). The Balaban J connectivity index is 1.36. The summed E-state index contributed by atoms with van der Waals surface area (Å²) in [6.07, 6.45) is 1.65. The fourth-order valence-electron chi connectivity index (χ4n) is 3.68. The summed E-state index contributed by atoms with van der Waals surface area (Å²) in [6.45, 7) is 2.82. The van der Waals surface area contributed by atoms with E-state index in [1.807, 2.05) is 53.1 Å². The SMILES string of the molecule is CCCc1nnc(-c2cc3ccccc3n2CC(=O)NCc2ccc3c(c2)OCO3)o1. The lowest BCUT2D eigenvalue weighted by molar-refractivity contribution is -0.121. The highest BCUT2D eigenvalue weighted by atomic mass is 16.7. The Morgan fingerprint density at radius 3 is 2.87 bits per heavy atom. The zero-order chi connectivity index (χ0) is 21.2. The van der Waals surface area contributed by atoms with Gasteiger partial charge in [-0.2, -0.15) is 0 Å². The van der Waals surface area contributed by atoms with Crippen LogP contribution < -0.4 is 14.8 Å². The van der Waals surface area contributed by atoms with E-state index >= 15 is 0 Å². The number of fused-ring (bicyclic) bond motifs is 2. The van der Waals surface area contributed by atoms with Crippen molar-refractivity contribution in [3.63, 3.8) is 0 Å². The second-order valence-corrected chi connectivity index (χ2v) is 7.39. The number of aromatic nitrogens is 3. The number of hydrogen-bond acceptors (Lipinski definition) is 6. The number of carbonyl (C=O) groups excluding carboxylic acids is 1. The van der Waals surface area contributed by atoms with Crippen LogP contribution in [0.25, 0.3) is 22.5 Å². The van der Waals surface area contributed by atoms with E-state index in [2.05, 4.69) is 22.4 Å². The third kappa shape index (κ3) is 3.84. The summed E-state index contributed by atoms with van der Waals surface area (Å²) >= 11 is 0. The summed E-state index contributed by atoms with van der Waals surface area (Å²) in [7, 11) is 0. The smallest absolute Gasteiger partial charge is 0.264 e. The maximum atomic E-state index is 12.8. The van der Waals surface area contributed by atoms with Crippen molar-refractivity contribution in [2.45, 2.75) is 32.9 Å². The first-order valence-electron chi connectivity index (χ1n) is 10.3. The fraction of sp³-hybridized carbons (Fsp3) is 0.261. The van der Waals surface area contributed by atoms with Crippen molar-refractivity contribution in [1.29, 1.82) is 0 Å². The lowest BCUT2D eigenvalue weighted by Crippen LogP contribution is -2.27. The van der Waals surface area contributed by atoms with Gasteiger partial charge in [0.15, 0.2) is 11.5 Å². The second-order valence-electron chi connectivity index (χ2n) is 7.39. The van der Waals surface area contributed by atoms with E-state index in [0.29, 0.717) is 24.1 Å². The number of nitrogens with zero attached hydrogens (tertiary/aromatic N) is 3. The fourth-order valence-corrected chi connectivity index (χ4v) is 3.68. The molecule has 1 aliphatic heterocycles. The molecular formula is C23H22N4O4. The van der Waals surface area contributed by atoms with Crippen LogP contribution >= 0.6 is 0 Å². The number of amides is 1. The predicted molar refractivity (Wildman–Crippen MR) is 114 cm³/mol. The molecule has 1 amide bonds. The highest BCUT2D eigenvalue weighted by Crippen LogP contribution is 2.32. The van der Waals surface area contributed by atoms with E-state index in [0.717, 1.165) is 40.8 Å². The third-order valence-electron chi connectivity index (χ3n) is 5.19. The number of benzene rings is 2. The molecule has 0 radical (unpaired) electrons. The van der Waals surface area contributed by atoms with Crippen LogP contribution in [-0.4, -0.2) is 27.5 Å². The van der Waals surface area contributed by atoms with Crippen molar-refractivity contribution >= 4 is 16.8 Å². The molecule has 0 aliphatic carbocycles. The molecule has 0 fully saturated rings. The van der Waals surface area contributed by atoms with Gasteiger partial charge in [-0.1, -0.05) is 31.2 Å². The highest BCUT2D eigenvalue weighted by molar-refractivity contribution is 5.88. The first-order valence-corrected chi connectivity index (χ1v) is 10.3. The van der Waals surface area contributed by atoms with Gasteiger partial charge in [-0.3, -0.25) is 4.79 Å². The summed E-state index contributed by atoms with van der Waals surface area (Å²) in [5, 5.41) is 12.3. The van der Waals surface area contributed by atoms with Gasteiger partial charge in [-0.15, -0.1) is 10.2 Å². The van der Waals surface area contributed by atoms with Crippen molar-refractivity contribution in [2.24, 2.45) is 0 Å². The summed E-state index contributed by atoms with van der Waals surface area (Å²) in [5.74, 6) is 2.32. The molecule has 2 aromatic heterocycles. The zero-order valence-corrected chi connectivity index (χ0v) is 17.1. The molecule has 4 aromatic rings. The quantitative estimate of drug-likeness (QED) is 0.492. The standard InChI is InChI=1S/C23H22N4O4/c1-2-5-22-25-26-23(31-22)18-11-16-6-3-4-7-17(16)27(18)13-21(28)24-12-15-8-9-19-20(10-15)30-14-29-19/h3-4,6-11H,2,5,12-14H2,1H3,(H,24,28). The second kappa shape index (κ2) is 8.14. The molecular weight excluding hydrogens is 396 g/mol. The molecule has 0 unspecified atom stereocenters. The third-order valence-corrected chi connectivity index (χ3v) is 5.19. The molecule has 0 atom stereocenters. The summed E-state index contributed by atoms with van der Waals surface area (Å²) in [4.78, 5) is 12.8. The normalized spacial score (nSPS) is 12.4. The van der Waals surface area contributed by atoms with Crippen molar-refractivity contribution in [1.82, 2.24) is 20.1 Å². The van der Waals surface area contributed by atoms with E-state index in [-0.39, 0.29) is 19.2 Å². The molecule has 3 heterocycles. The molecule has 8 nitrogen and oxygen atoms in total. The average Bonchev–Trinajstić information content (AvgIpc) is 3.51. The van der Waals surface area contributed by atoms with Crippen molar-refractivity contribution in [3.8, 4) is 23.1 Å². The summed E-state index contributed by atoms with van der Waals surface area (Å²) < 4.78 is 18.5. The van der Waals surface area contributed by atoms with Crippen molar-refractivity contribution < 1.29 is 18.7 Å². The van der Waals surface area contributed by atoms with Crippen LogP contribution in [-0.2, 0) is 24.3 Å². The minimum atomic E-state index is -0.117. The first kappa shape index (κ1) is 19.2. The Morgan fingerprint density at radius 1 is 1.10 bits per heavy atom. The Bertz CT molecular complexity index is 1240. The van der Waals surface area contributed by atoms with Gasteiger partial charge in [-0.25, -0.2) is 0 Å². The van der Waals surface area contributed by atoms with E-state index in [9.17, 15) is 4.79 Å². The Hall–Kier alpha value is -3.81. The van der Waals surface area contributed by atoms with Crippen LogP contribution in [0.15, 0.2) is 52.9 Å². The van der Waals surface area contributed by atoms with Crippen LogP contribution in [0.4, 0.5) is 0 Å². The van der Waals surface area contributed by atoms with Crippen LogP contribution in [0.3, 0.4) is 0 Å². The Labute approximate surface area is 178 Å². The van der Waals surface area contributed by atoms with E-state index in [4.69, 9.17) is 13.9 Å². The molecule has 0 spiro atoms. The average molecular weight is 418 g/mol. The number of nitrogens with one attached hydrogen (secondary N) is 1. The predicted octanol–water partition coefficient (Wildman–Crippen LogP) is 3.69. The van der Waals surface area contributed by atoms with Gasteiger partial charge >= 0.3 is 0 Å². The van der Waals surface area contributed by atoms with Gasteiger partial charge in [0.1, 0.15) is 12.2 Å². The van der Waals surface area contributed by atoms with Gasteiger partial charge in [-0.05, 0) is 36.2 Å². The molecule has 0 saturated carbocycles. The van der Waals surface area contributed by atoms with Gasteiger partial charge in [0.2, 0.25) is 18.6 Å². The van der Waals surface area contributed by atoms with Crippen LogP contribution in [0.2, 0.25) is 0 Å². The van der Waals surface area contributed by atoms with Crippen LogP contribution in [0.1, 0.15) is 24.8 Å². The number of hydrogen-bond donors (Lipinski definition) is 1. The molecule has 8 heteroatoms. The Morgan fingerprint density at radius 2 is 1.97 bits per heavy atom. The van der Waals surface area contributed by atoms with Gasteiger partial charge in [0.05, 0.1) is 0 Å². The monoisotopic (exact) mass is 418 g/mol. The molecule has 0 bridgehead atoms. The van der Waals surface area contributed by atoms with Crippen LogP contribution in [0.5, 0.6) is 11.5 Å². The lowest BCUT2D eigenvalue weighted by Gasteiger charge is -2.10. The van der Waals surface area contributed by atoms with E-state index in [1.165, 1.54) is 0 Å². The molecule has 31 heavy (non-hydrogen) atoms. The molecule has 0 saturated heterocycles. The number of aryl methyl sites for hydroxylation is 1. The number of carbonyl (C=O) groups is 1. The van der Waals surface area contributed by atoms with Gasteiger partial charge in [0, 0.05) is 23.9 Å². The van der Waals surface area contributed by atoms with Crippen molar-refractivity contribution in [3.05, 3.63) is 60.0 Å². The molecule has 158 valence electrons. The largest absolute Gasteiger partial charge is 0.454 e. The Kier molecular flexibility index (Phi) is 5.03. The van der Waals surface area contributed by atoms with Gasteiger partial charge < -0.3 is 23.8 Å². The zero-order valence-electron chi connectivity index (χ0n) is 17.1. The van der Waals surface area contributed by atoms with Crippen molar-refractivity contribution in [2.75, 3.05) is 6.79 Å².